The molecule has 190 valence electrons. The first-order chi connectivity index (χ1) is 16.6. The van der Waals surface area contributed by atoms with Gasteiger partial charge in [-0.25, -0.2) is 9.59 Å². The zero-order chi connectivity index (χ0) is 25.2. The number of hydrogen-bond donors (Lipinski definition) is 4. The van der Waals surface area contributed by atoms with Crippen molar-refractivity contribution < 1.29 is 41.2 Å². The van der Waals surface area contributed by atoms with Crippen molar-refractivity contribution in [1.29, 1.82) is 0 Å². The summed E-state index contributed by atoms with van der Waals surface area (Å²) in [6.07, 6.45) is 2.05. The number of esters is 1. The lowest BCUT2D eigenvalue weighted by molar-refractivity contribution is -0.136. The van der Waals surface area contributed by atoms with Gasteiger partial charge in [0.25, 0.3) is 5.91 Å². The molecule has 4 amide bonds. The Hall–Kier alpha value is -3.27. The van der Waals surface area contributed by atoms with Crippen molar-refractivity contribution in [3.8, 4) is 5.75 Å². The fraction of sp³-hybridized carbons (Fsp3) is 0.500. The number of piperidine rings is 1. The van der Waals surface area contributed by atoms with Crippen LogP contribution in [0.5, 0.6) is 5.75 Å². The quantitative estimate of drug-likeness (QED) is 0.154. The monoisotopic (exact) mass is 511 g/mol. The van der Waals surface area contributed by atoms with Crippen molar-refractivity contribution in [2.45, 2.75) is 50.2 Å². The van der Waals surface area contributed by atoms with Gasteiger partial charge in [-0.2, -0.15) is 13.5 Å². The van der Waals surface area contributed by atoms with E-state index in [1.54, 1.807) is 24.3 Å². The highest BCUT2D eigenvalue weighted by molar-refractivity contribution is 7.80. The molecule has 4 N–H and O–H groups in total. The molecular weight excluding hydrogens is 486 g/mol. The molecule has 1 aromatic carbocycles. The zero-order valence-electron chi connectivity index (χ0n) is 18.5. The van der Waals surface area contributed by atoms with Gasteiger partial charge in [0.05, 0.1) is 12.5 Å². The number of nitrogens with one attached hydrogen (secondary N) is 3. The van der Waals surface area contributed by atoms with Crippen molar-refractivity contribution in [1.82, 2.24) is 26.1 Å². The third-order valence-electron chi connectivity index (χ3n) is 5.98. The van der Waals surface area contributed by atoms with Crippen LogP contribution >= 0.6 is 0 Å². The van der Waals surface area contributed by atoms with Gasteiger partial charge >= 0.3 is 22.4 Å². The first kappa shape index (κ1) is 24.8. The predicted molar refractivity (Wildman–Crippen MR) is 116 cm³/mol. The molecule has 0 spiro atoms. The molecule has 0 aromatic heterocycles. The molecule has 2 bridgehead atoms. The van der Waals surface area contributed by atoms with Gasteiger partial charge in [-0.1, -0.05) is 12.1 Å². The number of hydrogen-bond acceptors (Lipinski definition) is 9. The highest BCUT2D eigenvalue weighted by Gasteiger charge is 2.49. The molecule has 15 heteroatoms. The summed E-state index contributed by atoms with van der Waals surface area (Å²) in [5.74, 6) is -1.16. The van der Waals surface area contributed by atoms with Crippen LogP contribution in [0.1, 0.15) is 31.2 Å². The van der Waals surface area contributed by atoms with Gasteiger partial charge in [-0.05, 0) is 49.9 Å². The second-order valence-electron chi connectivity index (χ2n) is 8.44. The highest BCUT2D eigenvalue weighted by Crippen LogP contribution is 2.30. The lowest BCUT2D eigenvalue weighted by Gasteiger charge is -2.29. The van der Waals surface area contributed by atoms with Gasteiger partial charge in [0.15, 0.2) is 0 Å². The molecule has 35 heavy (non-hydrogen) atoms. The molecule has 1 aromatic rings. The Bertz CT molecular complexity index is 1100. The summed E-state index contributed by atoms with van der Waals surface area (Å²) in [6.45, 7) is 0.814. The highest BCUT2D eigenvalue weighted by atomic mass is 32.3. The van der Waals surface area contributed by atoms with Crippen molar-refractivity contribution in [3.63, 3.8) is 0 Å². The van der Waals surface area contributed by atoms with Crippen LogP contribution in [-0.2, 0) is 35.5 Å². The number of carbonyl (C=O) groups is 4. The van der Waals surface area contributed by atoms with Crippen LogP contribution in [0.4, 0.5) is 4.79 Å². The number of ether oxygens (including phenoxy) is 1. The summed E-state index contributed by atoms with van der Waals surface area (Å²) >= 11 is 0. The molecular formula is C20H25N5O9S. The van der Waals surface area contributed by atoms with Gasteiger partial charge in [-0.15, -0.1) is 4.28 Å². The van der Waals surface area contributed by atoms with Crippen LogP contribution in [0.25, 0.3) is 0 Å². The number of rotatable bonds is 7. The number of amides is 4. The van der Waals surface area contributed by atoms with Crippen LogP contribution < -0.4 is 20.9 Å². The fourth-order valence-corrected chi connectivity index (χ4v) is 4.69. The third-order valence-corrected chi connectivity index (χ3v) is 6.33. The Morgan fingerprint density at radius 1 is 1.11 bits per heavy atom. The first-order valence-electron chi connectivity index (χ1n) is 11.0. The maximum Gasteiger partial charge on any atom is 0.418 e. The van der Waals surface area contributed by atoms with Crippen molar-refractivity contribution in [2.75, 3.05) is 13.1 Å². The van der Waals surface area contributed by atoms with Crippen molar-refractivity contribution in [3.05, 3.63) is 29.8 Å². The normalized spacial score (nSPS) is 23.8. The Labute approximate surface area is 200 Å². The Kier molecular flexibility index (Phi) is 7.20. The molecule has 0 saturated carbocycles. The first-order valence-corrected chi connectivity index (χ1v) is 12.4. The third kappa shape index (κ3) is 6.05. The summed E-state index contributed by atoms with van der Waals surface area (Å²) in [7, 11) is -4.89. The Morgan fingerprint density at radius 3 is 2.51 bits per heavy atom. The standard InChI is InChI=1S/C20H25N5O9S/c26-17(10-12-3-6-14(7-4-12)33-19(28)15-2-1-9-21-15)22-23-18(27)16-8-5-13-11-24(16)20(29)25(13)34-35(30,31)32/h3-4,6-7,13,15-16,21H,1-2,5,8-11H2,(H,22,26)(H,23,27)(H,30,31,32)/t13-,15?,16+/m1/s1. The topological polar surface area (TPSA) is 184 Å². The number of nitrogens with zero attached hydrogens (tertiary/aromatic N) is 2. The Balaban J connectivity index is 1.24. The van der Waals surface area contributed by atoms with E-state index in [1.165, 1.54) is 0 Å². The van der Waals surface area contributed by atoms with Crippen LogP contribution in [0.15, 0.2) is 24.3 Å². The van der Waals surface area contributed by atoms with Gasteiger partial charge in [0.2, 0.25) is 5.91 Å². The summed E-state index contributed by atoms with van der Waals surface area (Å²) in [5.41, 5.74) is 5.17. The van der Waals surface area contributed by atoms with E-state index >= 15 is 0 Å². The maximum absolute atomic E-state index is 12.5. The average molecular weight is 512 g/mol. The molecule has 3 saturated heterocycles. The number of benzene rings is 1. The number of urea groups is 1. The molecule has 3 fully saturated rings. The van der Waals surface area contributed by atoms with E-state index in [0.717, 1.165) is 24.3 Å². The van der Waals surface area contributed by atoms with Crippen LogP contribution in [0.3, 0.4) is 0 Å². The number of hydroxylamine groups is 2. The Morgan fingerprint density at radius 2 is 1.86 bits per heavy atom. The smallest absolute Gasteiger partial charge is 0.418 e. The summed E-state index contributed by atoms with van der Waals surface area (Å²) in [6, 6.07) is 3.64. The predicted octanol–water partition coefficient (Wildman–Crippen LogP) is -0.963. The largest absolute Gasteiger partial charge is 0.425 e. The van der Waals surface area contributed by atoms with Crippen LogP contribution in [-0.4, -0.2) is 78.0 Å². The molecule has 14 nitrogen and oxygen atoms in total. The molecule has 3 aliphatic rings. The van der Waals surface area contributed by atoms with E-state index in [-0.39, 0.29) is 37.8 Å². The number of fused-ring (bicyclic) bond motifs is 2. The van der Waals surface area contributed by atoms with Gasteiger partial charge in [-0.3, -0.25) is 25.0 Å². The maximum atomic E-state index is 12.5. The average Bonchev–Trinajstić information content (AvgIpc) is 3.42. The SMILES string of the molecule is O=C(Cc1ccc(OC(=O)C2CCCN2)cc1)NNC(=O)[C@@H]1CC[C@@H]2CN1C(=O)N2OS(=O)(=O)O. The summed E-state index contributed by atoms with van der Waals surface area (Å²) in [4.78, 5) is 50.3. The molecule has 3 aliphatic heterocycles. The van der Waals surface area contributed by atoms with Crippen molar-refractivity contribution >= 4 is 34.2 Å². The lowest BCUT2D eigenvalue weighted by atomic mass is 10.0. The van der Waals surface area contributed by atoms with Gasteiger partial charge in [0.1, 0.15) is 17.8 Å². The fourth-order valence-electron chi connectivity index (χ4n) is 4.30. The van der Waals surface area contributed by atoms with Crippen LogP contribution in [0.2, 0.25) is 0 Å². The summed E-state index contributed by atoms with van der Waals surface area (Å²) < 4.78 is 40.4. The van der Waals surface area contributed by atoms with Gasteiger partial charge < -0.3 is 15.0 Å². The van der Waals surface area contributed by atoms with E-state index in [2.05, 4.69) is 20.5 Å². The minimum atomic E-state index is -4.89. The second kappa shape index (κ2) is 10.2. The van der Waals surface area contributed by atoms with Crippen molar-refractivity contribution in [2.24, 2.45) is 0 Å². The van der Waals surface area contributed by atoms with E-state index < -0.39 is 40.3 Å². The summed E-state index contributed by atoms with van der Waals surface area (Å²) in [5, 5.41) is 3.59. The van der Waals surface area contributed by atoms with E-state index in [0.29, 0.717) is 16.4 Å². The number of hydrazine groups is 1. The van der Waals surface area contributed by atoms with Crippen LogP contribution in [0, 0.1) is 0 Å². The molecule has 3 atom stereocenters. The molecule has 3 heterocycles. The number of carbonyl (C=O) groups excluding carboxylic acids is 4. The minimum Gasteiger partial charge on any atom is -0.425 e. The second-order valence-corrected chi connectivity index (χ2v) is 9.44. The minimum absolute atomic E-state index is 0.0358. The molecule has 1 unspecified atom stereocenters. The molecule has 0 radical (unpaired) electrons. The van der Waals surface area contributed by atoms with E-state index in [1.807, 2.05) is 0 Å². The molecule has 0 aliphatic carbocycles. The van der Waals surface area contributed by atoms with Gasteiger partial charge in [0, 0.05) is 6.54 Å². The van der Waals surface area contributed by atoms with E-state index in [4.69, 9.17) is 9.29 Å². The van der Waals surface area contributed by atoms with E-state index in [9.17, 15) is 27.6 Å². The molecule has 4 rings (SSSR count). The zero-order valence-corrected chi connectivity index (χ0v) is 19.3. The lowest BCUT2D eigenvalue weighted by Crippen LogP contribution is -2.54.